The van der Waals surface area contributed by atoms with Crippen molar-refractivity contribution in [3.8, 4) is 5.75 Å². The normalized spacial score (nSPS) is 11.8. The van der Waals surface area contributed by atoms with E-state index in [-0.39, 0.29) is 11.2 Å². The zero-order chi connectivity index (χ0) is 12.3. The molecule has 2 heterocycles. The lowest BCUT2D eigenvalue weighted by Gasteiger charge is -2.04. The lowest BCUT2D eigenvalue weighted by Crippen LogP contribution is -2.05. The second-order valence-electron chi connectivity index (χ2n) is 4.32. The molecule has 0 spiro atoms. The van der Waals surface area contributed by atoms with Crippen molar-refractivity contribution in [3.63, 3.8) is 0 Å². The van der Waals surface area contributed by atoms with Crippen molar-refractivity contribution < 1.29 is 5.11 Å². The number of benzene rings is 2. The molecule has 0 bridgehead atoms. The molecule has 4 heteroatoms. The highest BCUT2D eigenvalue weighted by Gasteiger charge is 2.12. The van der Waals surface area contributed by atoms with Gasteiger partial charge in [0.1, 0.15) is 12.1 Å². The fourth-order valence-corrected chi connectivity index (χ4v) is 2.49. The summed E-state index contributed by atoms with van der Waals surface area (Å²) in [7, 11) is 0. The van der Waals surface area contributed by atoms with E-state index in [0.717, 1.165) is 16.6 Å². The molecule has 0 unspecified atom stereocenters. The van der Waals surface area contributed by atoms with Crippen LogP contribution in [0.25, 0.3) is 27.3 Å². The first kappa shape index (κ1) is 9.41. The summed E-state index contributed by atoms with van der Waals surface area (Å²) >= 11 is 0. The summed E-state index contributed by atoms with van der Waals surface area (Å²) in [5.41, 5.74) is 2.33. The van der Waals surface area contributed by atoms with Crippen LogP contribution in [0, 0.1) is 0 Å². The standard InChI is InChI=1S/C14H8N2O2/c17-8-4-5-12-10(6-8)14(18)9-2-1-3-11-13(9)16(12)7-15-11/h1-7,17H. The van der Waals surface area contributed by atoms with Gasteiger partial charge in [-0.1, -0.05) is 6.07 Å². The number of phenols is 1. The van der Waals surface area contributed by atoms with Gasteiger partial charge in [0.25, 0.3) is 0 Å². The van der Waals surface area contributed by atoms with E-state index in [1.165, 1.54) is 6.07 Å². The minimum absolute atomic E-state index is 0.0699. The first-order chi connectivity index (χ1) is 8.75. The summed E-state index contributed by atoms with van der Waals surface area (Å²) in [6.07, 6.45) is 1.70. The van der Waals surface area contributed by atoms with Gasteiger partial charge in [0.15, 0.2) is 5.43 Å². The Kier molecular flexibility index (Phi) is 1.56. The van der Waals surface area contributed by atoms with Gasteiger partial charge < -0.3 is 5.11 Å². The fourth-order valence-electron chi connectivity index (χ4n) is 2.49. The number of rotatable bonds is 0. The number of hydrogen-bond acceptors (Lipinski definition) is 3. The van der Waals surface area contributed by atoms with E-state index in [1.807, 2.05) is 16.5 Å². The van der Waals surface area contributed by atoms with E-state index in [2.05, 4.69) is 4.98 Å². The molecular formula is C14H8N2O2. The maximum Gasteiger partial charge on any atom is 0.197 e. The van der Waals surface area contributed by atoms with E-state index in [0.29, 0.717) is 10.8 Å². The Morgan fingerprint density at radius 2 is 2.00 bits per heavy atom. The predicted octanol–water partition coefficient (Wildman–Crippen LogP) is 2.14. The lowest BCUT2D eigenvalue weighted by atomic mass is 10.1. The van der Waals surface area contributed by atoms with Gasteiger partial charge in [-0.3, -0.25) is 9.20 Å². The highest BCUT2D eigenvalue weighted by atomic mass is 16.3. The average Bonchev–Trinajstić information content (AvgIpc) is 2.81. The number of aromatic hydroxyl groups is 1. The van der Waals surface area contributed by atoms with Gasteiger partial charge in [0, 0.05) is 5.39 Å². The summed E-state index contributed by atoms with van der Waals surface area (Å²) in [4.78, 5) is 16.7. The Morgan fingerprint density at radius 3 is 2.89 bits per heavy atom. The Bertz CT molecular complexity index is 956. The third-order valence-corrected chi connectivity index (χ3v) is 3.30. The monoisotopic (exact) mass is 236 g/mol. The quantitative estimate of drug-likeness (QED) is 0.476. The van der Waals surface area contributed by atoms with Crippen LogP contribution >= 0.6 is 0 Å². The largest absolute Gasteiger partial charge is 0.508 e. The minimum atomic E-state index is -0.0699. The molecule has 4 nitrogen and oxygen atoms in total. The molecule has 0 aliphatic carbocycles. The van der Waals surface area contributed by atoms with E-state index in [9.17, 15) is 9.90 Å². The molecule has 0 atom stereocenters. The number of para-hydroxylation sites is 1. The molecule has 0 saturated heterocycles. The highest BCUT2D eigenvalue weighted by Crippen LogP contribution is 2.24. The van der Waals surface area contributed by atoms with Crippen molar-refractivity contribution in [2.24, 2.45) is 0 Å². The van der Waals surface area contributed by atoms with Crippen molar-refractivity contribution in [1.82, 2.24) is 9.38 Å². The number of nitrogens with zero attached hydrogens (tertiary/aromatic N) is 2. The summed E-state index contributed by atoms with van der Waals surface area (Å²) < 4.78 is 1.89. The third kappa shape index (κ3) is 0.996. The number of imidazole rings is 1. The van der Waals surface area contributed by atoms with E-state index in [1.54, 1.807) is 24.5 Å². The molecule has 18 heavy (non-hydrogen) atoms. The Balaban J connectivity index is 2.47. The lowest BCUT2D eigenvalue weighted by molar-refractivity contribution is 0.476. The van der Waals surface area contributed by atoms with Crippen molar-refractivity contribution in [3.05, 3.63) is 52.9 Å². The first-order valence-corrected chi connectivity index (χ1v) is 5.60. The number of fused-ring (bicyclic) bond motifs is 2. The number of aromatic nitrogens is 2. The molecule has 2 aromatic heterocycles. The van der Waals surface area contributed by atoms with Crippen LogP contribution in [0.5, 0.6) is 5.75 Å². The maximum atomic E-state index is 12.4. The van der Waals surface area contributed by atoms with Crippen molar-refractivity contribution in [2.75, 3.05) is 0 Å². The van der Waals surface area contributed by atoms with Gasteiger partial charge in [-0.15, -0.1) is 0 Å². The summed E-state index contributed by atoms with van der Waals surface area (Å²) in [6, 6.07) is 10.3. The maximum absolute atomic E-state index is 12.4. The van der Waals surface area contributed by atoms with Crippen LogP contribution in [0.1, 0.15) is 0 Å². The molecule has 0 saturated carbocycles. The molecule has 0 fully saturated rings. The van der Waals surface area contributed by atoms with Gasteiger partial charge in [-0.25, -0.2) is 4.98 Å². The molecule has 0 aliphatic rings. The molecule has 4 aromatic rings. The van der Waals surface area contributed by atoms with Crippen molar-refractivity contribution in [1.29, 1.82) is 0 Å². The molecule has 4 rings (SSSR count). The fraction of sp³-hybridized carbons (Fsp3) is 0. The van der Waals surface area contributed by atoms with Crippen molar-refractivity contribution >= 4 is 27.3 Å². The predicted molar refractivity (Wildman–Crippen MR) is 69.3 cm³/mol. The number of pyridine rings is 1. The van der Waals surface area contributed by atoms with Gasteiger partial charge >= 0.3 is 0 Å². The molecule has 0 amide bonds. The highest BCUT2D eigenvalue weighted by molar-refractivity contribution is 6.01. The van der Waals surface area contributed by atoms with Gasteiger partial charge in [-0.2, -0.15) is 0 Å². The van der Waals surface area contributed by atoms with Crippen LogP contribution < -0.4 is 5.43 Å². The number of hydrogen-bond donors (Lipinski definition) is 1. The molecule has 0 radical (unpaired) electrons. The van der Waals surface area contributed by atoms with E-state index >= 15 is 0 Å². The van der Waals surface area contributed by atoms with E-state index in [4.69, 9.17) is 0 Å². The van der Waals surface area contributed by atoms with Crippen LogP contribution in [-0.4, -0.2) is 14.5 Å². The smallest absolute Gasteiger partial charge is 0.197 e. The Labute approximate surface area is 101 Å². The molecular weight excluding hydrogens is 228 g/mol. The van der Waals surface area contributed by atoms with Crippen LogP contribution in [0.2, 0.25) is 0 Å². The molecule has 2 aromatic carbocycles. The van der Waals surface area contributed by atoms with Crippen LogP contribution in [0.3, 0.4) is 0 Å². The van der Waals surface area contributed by atoms with Gasteiger partial charge in [0.2, 0.25) is 0 Å². The number of phenolic OH excluding ortho intramolecular Hbond substituents is 1. The first-order valence-electron chi connectivity index (χ1n) is 5.60. The Hall–Kier alpha value is -2.62. The second-order valence-corrected chi connectivity index (χ2v) is 4.32. The average molecular weight is 236 g/mol. The van der Waals surface area contributed by atoms with Crippen LogP contribution in [-0.2, 0) is 0 Å². The SMILES string of the molecule is O=c1c2cc(O)ccc2n2cnc3cccc1c32. The molecule has 1 N–H and O–H groups in total. The van der Waals surface area contributed by atoms with Crippen LogP contribution in [0.4, 0.5) is 0 Å². The van der Waals surface area contributed by atoms with Crippen LogP contribution in [0.15, 0.2) is 47.5 Å². The summed E-state index contributed by atoms with van der Waals surface area (Å²) in [5.74, 6) is 0.0952. The molecule has 86 valence electrons. The minimum Gasteiger partial charge on any atom is -0.508 e. The van der Waals surface area contributed by atoms with Crippen molar-refractivity contribution in [2.45, 2.75) is 0 Å². The zero-order valence-electron chi connectivity index (χ0n) is 9.29. The topological polar surface area (TPSA) is 54.6 Å². The second kappa shape index (κ2) is 2.98. The van der Waals surface area contributed by atoms with Gasteiger partial charge in [0.05, 0.1) is 21.9 Å². The Morgan fingerprint density at radius 1 is 1.11 bits per heavy atom. The third-order valence-electron chi connectivity index (χ3n) is 3.30. The van der Waals surface area contributed by atoms with Gasteiger partial charge in [-0.05, 0) is 30.3 Å². The summed E-state index contributed by atoms with van der Waals surface area (Å²) in [5, 5.41) is 10.7. The van der Waals surface area contributed by atoms with E-state index < -0.39 is 0 Å². The zero-order valence-corrected chi connectivity index (χ0v) is 9.29. The summed E-state index contributed by atoms with van der Waals surface area (Å²) in [6.45, 7) is 0. The molecule has 0 aliphatic heterocycles.